The largest absolute Gasteiger partial charge is 0.586 e. The monoisotopic (exact) mass is 294 g/mol. The first-order valence-corrected chi connectivity index (χ1v) is 6.15. The molecule has 0 fully saturated rings. The topological polar surface area (TPSA) is 68.3 Å². The predicted octanol–water partition coefficient (Wildman–Crippen LogP) is 2.89. The van der Waals surface area contributed by atoms with Gasteiger partial charge in [-0.3, -0.25) is 0 Å². The van der Waals surface area contributed by atoms with Crippen molar-refractivity contribution in [2.24, 2.45) is 0 Å². The van der Waals surface area contributed by atoms with E-state index in [0.717, 1.165) is 0 Å². The molecule has 0 unspecified atom stereocenters. The molecule has 2 aromatic rings. The van der Waals surface area contributed by atoms with Crippen LogP contribution in [0.25, 0.3) is 0 Å². The van der Waals surface area contributed by atoms with Gasteiger partial charge in [-0.25, -0.2) is 9.97 Å². The SMILES string of the molecule is CNc1cc(Nc2ccc3c(c2)OC(F)(F)O3)nc(C)n1. The fourth-order valence-electron chi connectivity index (χ4n) is 1.93. The van der Waals surface area contributed by atoms with Gasteiger partial charge in [0.15, 0.2) is 11.5 Å². The maximum Gasteiger partial charge on any atom is 0.586 e. The molecule has 0 saturated carbocycles. The highest BCUT2D eigenvalue weighted by Crippen LogP contribution is 2.42. The molecule has 21 heavy (non-hydrogen) atoms. The van der Waals surface area contributed by atoms with E-state index >= 15 is 0 Å². The third-order valence-corrected chi connectivity index (χ3v) is 2.77. The molecular formula is C13H12F2N4O2. The van der Waals surface area contributed by atoms with Gasteiger partial charge in [0.05, 0.1) is 0 Å². The van der Waals surface area contributed by atoms with Crippen molar-refractivity contribution in [2.45, 2.75) is 13.2 Å². The molecule has 2 heterocycles. The van der Waals surface area contributed by atoms with Crippen LogP contribution in [0.5, 0.6) is 11.5 Å². The predicted molar refractivity (Wildman–Crippen MR) is 72.2 cm³/mol. The molecule has 6 nitrogen and oxygen atoms in total. The molecule has 1 aromatic heterocycles. The van der Waals surface area contributed by atoms with Gasteiger partial charge >= 0.3 is 6.29 Å². The number of ether oxygens (including phenoxy) is 2. The Hall–Kier alpha value is -2.64. The zero-order valence-electron chi connectivity index (χ0n) is 11.3. The van der Waals surface area contributed by atoms with E-state index in [1.165, 1.54) is 12.1 Å². The summed E-state index contributed by atoms with van der Waals surface area (Å²) in [6, 6.07) is 6.13. The summed E-state index contributed by atoms with van der Waals surface area (Å²) >= 11 is 0. The van der Waals surface area contributed by atoms with Crippen molar-refractivity contribution in [3.05, 3.63) is 30.1 Å². The average Bonchev–Trinajstić information content (AvgIpc) is 2.71. The minimum absolute atomic E-state index is 0.000307. The van der Waals surface area contributed by atoms with E-state index in [0.29, 0.717) is 23.1 Å². The molecule has 1 aromatic carbocycles. The Morgan fingerprint density at radius 3 is 2.52 bits per heavy atom. The standard InChI is InChI=1S/C13H12F2N4O2/c1-7-17-11(16-2)6-12(18-7)19-8-3-4-9-10(5-8)21-13(14,15)20-9/h3-6H,1-2H3,(H2,16,17,18,19). The van der Waals surface area contributed by atoms with Gasteiger partial charge < -0.3 is 20.1 Å². The first-order chi connectivity index (χ1) is 9.95. The van der Waals surface area contributed by atoms with E-state index in [9.17, 15) is 8.78 Å². The van der Waals surface area contributed by atoms with E-state index in [1.54, 1.807) is 26.1 Å². The zero-order valence-corrected chi connectivity index (χ0v) is 11.3. The number of rotatable bonds is 3. The lowest BCUT2D eigenvalue weighted by molar-refractivity contribution is -0.286. The van der Waals surface area contributed by atoms with Crippen LogP contribution in [0.15, 0.2) is 24.3 Å². The number of alkyl halides is 2. The number of benzene rings is 1. The summed E-state index contributed by atoms with van der Waals surface area (Å²) in [5.74, 6) is 1.75. The van der Waals surface area contributed by atoms with Crippen molar-refractivity contribution in [3.8, 4) is 11.5 Å². The summed E-state index contributed by atoms with van der Waals surface area (Å²) in [4.78, 5) is 8.38. The van der Waals surface area contributed by atoms with Crippen molar-refractivity contribution in [3.63, 3.8) is 0 Å². The first-order valence-electron chi connectivity index (χ1n) is 6.15. The molecule has 0 spiro atoms. The number of halogens is 2. The number of aryl methyl sites for hydroxylation is 1. The second kappa shape index (κ2) is 4.72. The van der Waals surface area contributed by atoms with Gasteiger partial charge in [0, 0.05) is 24.9 Å². The molecule has 0 aliphatic carbocycles. The number of fused-ring (bicyclic) bond motifs is 1. The second-order valence-electron chi connectivity index (χ2n) is 4.39. The fraction of sp³-hybridized carbons (Fsp3) is 0.231. The molecule has 110 valence electrons. The first kappa shape index (κ1) is 13.3. The number of anilines is 3. The van der Waals surface area contributed by atoms with Crippen LogP contribution in [0.2, 0.25) is 0 Å². The van der Waals surface area contributed by atoms with Crippen LogP contribution < -0.4 is 20.1 Å². The maximum atomic E-state index is 13.0. The van der Waals surface area contributed by atoms with E-state index < -0.39 is 6.29 Å². The Balaban J connectivity index is 1.85. The fourth-order valence-corrected chi connectivity index (χ4v) is 1.93. The number of aromatic nitrogens is 2. The molecule has 0 bridgehead atoms. The summed E-state index contributed by atoms with van der Waals surface area (Å²) in [5, 5.41) is 5.92. The molecule has 3 rings (SSSR count). The summed E-state index contributed by atoms with van der Waals surface area (Å²) < 4.78 is 34.6. The van der Waals surface area contributed by atoms with Crippen molar-refractivity contribution in [2.75, 3.05) is 17.7 Å². The van der Waals surface area contributed by atoms with Gasteiger partial charge in [0.1, 0.15) is 17.5 Å². The summed E-state index contributed by atoms with van der Waals surface area (Å²) in [6.07, 6.45) is -3.62. The van der Waals surface area contributed by atoms with Crippen molar-refractivity contribution in [1.82, 2.24) is 9.97 Å². The van der Waals surface area contributed by atoms with Crippen LogP contribution in [0, 0.1) is 6.92 Å². The Bertz CT molecular complexity index is 694. The van der Waals surface area contributed by atoms with Crippen molar-refractivity contribution in [1.29, 1.82) is 0 Å². The van der Waals surface area contributed by atoms with Crippen LogP contribution in [0.3, 0.4) is 0 Å². The van der Waals surface area contributed by atoms with Crippen molar-refractivity contribution >= 4 is 17.3 Å². The molecule has 0 atom stereocenters. The molecule has 0 saturated heterocycles. The average molecular weight is 294 g/mol. The van der Waals surface area contributed by atoms with Gasteiger partial charge in [-0.15, -0.1) is 8.78 Å². The highest BCUT2D eigenvalue weighted by Gasteiger charge is 2.43. The molecule has 0 amide bonds. The normalized spacial score (nSPS) is 14.9. The third kappa shape index (κ3) is 2.78. The molecule has 2 N–H and O–H groups in total. The van der Waals surface area contributed by atoms with Crippen LogP contribution in [-0.4, -0.2) is 23.3 Å². The molecular weight excluding hydrogens is 282 g/mol. The lowest BCUT2D eigenvalue weighted by atomic mass is 10.3. The summed E-state index contributed by atoms with van der Waals surface area (Å²) in [6.45, 7) is 1.76. The Morgan fingerprint density at radius 2 is 1.76 bits per heavy atom. The Labute approximate surface area is 119 Å². The van der Waals surface area contributed by atoms with Crippen LogP contribution in [0.4, 0.5) is 26.1 Å². The lowest BCUT2D eigenvalue weighted by Gasteiger charge is -2.08. The minimum atomic E-state index is -3.62. The van der Waals surface area contributed by atoms with Crippen LogP contribution in [-0.2, 0) is 0 Å². The minimum Gasteiger partial charge on any atom is -0.395 e. The summed E-state index contributed by atoms with van der Waals surface area (Å²) in [7, 11) is 1.74. The number of nitrogens with zero attached hydrogens (tertiary/aromatic N) is 2. The zero-order chi connectivity index (χ0) is 15.0. The van der Waals surface area contributed by atoms with Crippen molar-refractivity contribution < 1.29 is 18.3 Å². The van der Waals surface area contributed by atoms with E-state index in [-0.39, 0.29) is 11.5 Å². The number of hydrogen-bond acceptors (Lipinski definition) is 6. The maximum absolute atomic E-state index is 13.0. The Morgan fingerprint density at radius 1 is 1.05 bits per heavy atom. The quantitative estimate of drug-likeness (QED) is 0.907. The van der Waals surface area contributed by atoms with Crippen LogP contribution in [0.1, 0.15) is 5.82 Å². The summed E-state index contributed by atoms with van der Waals surface area (Å²) in [5.41, 5.74) is 0.551. The second-order valence-corrected chi connectivity index (χ2v) is 4.39. The number of hydrogen-bond donors (Lipinski definition) is 2. The van der Waals surface area contributed by atoms with Gasteiger partial charge in [-0.1, -0.05) is 0 Å². The third-order valence-electron chi connectivity index (χ3n) is 2.77. The molecule has 1 aliphatic heterocycles. The molecule has 0 radical (unpaired) electrons. The van der Waals surface area contributed by atoms with Gasteiger partial charge in [0.25, 0.3) is 0 Å². The van der Waals surface area contributed by atoms with Gasteiger partial charge in [-0.2, -0.15) is 0 Å². The molecule has 8 heteroatoms. The highest BCUT2D eigenvalue weighted by atomic mass is 19.3. The number of nitrogens with one attached hydrogen (secondary N) is 2. The van der Waals surface area contributed by atoms with Gasteiger partial charge in [-0.05, 0) is 19.1 Å². The van der Waals surface area contributed by atoms with Crippen LogP contribution >= 0.6 is 0 Å². The highest BCUT2D eigenvalue weighted by molar-refractivity contribution is 5.63. The van der Waals surface area contributed by atoms with E-state index in [4.69, 9.17) is 0 Å². The smallest absolute Gasteiger partial charge is 0.395 e. The van der Waals surface area contributed by atoms with E-state index in [2.05, 4.69) is 30.1 Å². The van der Waals surface area contributed by atoms with E-state index in [1.807, 2.05) is 0 Å². The Kier molecular flexibility index (Phi) is 3.00. The molecule has 1 aliphatic rings. The van der Waals surface area contributed by atoms with Gasteiger partial charge in [0.2, 0.25) is 0 Å². The lowest BCUT2D eigenvalue weighted by Crippen LogP contribution is -2.25.